The van der Waals surface area contributed by atoms with Crippen LogP contribution in [0.4, 0.5) is 4.79 Å². The third-order valence-electron chi connectivity index (χ3n) is 3.28. The second-order valence-corrected chi connectivity index (χ2v) is 4.68. The molecule has 0 aromatic rings. The average Bonchev–Trinajstić information content (AvgIpc) is 2.45. The van der Waals surface area contributed by atoms with E-state index >= 15 is 0 Å². The SMILES string of the molecule is CCOC(=O)C1CCCCN1CCC(=O)NC(=O)NC. The molecule has 0 bridgehead atoms. The summed E-state index contributed by atoms with van der Waals surface area (Å²) < 4.78 is 5.06. The summed E-state index contributed by atoms with van der Waals surface area (Å²) in [5, 5.41) is 4.53. The third-order valence-corrected chi connectivity index (χ3v) is 3.28. The van der Waals surface area contributed by atoms with Gasteiger partial charge in [0.15, 0.2) is 0 Å². The minimum Gasteiger partial charge on any atom is -0.465 e. The van der Waals surface area contributed by atoms with E-state index in [4.69, 9.17) is 4.74 Å². The Morgan fingerprint density at radius 3 is 2.70 bits per heavy atom. The molecule has 0 spiro atoms. The number of nitrogens with one attached hydrogen (secondary N) is 2. The lowest BCUT2D eigenvalue weighted by atomic mass is 10.0. The van der Waals surface area contributed by atoms with Gasteiger partial charge in [-0.25, -0.2) is 4.79 Å². The summed E-state index contributed by atoms with van der Waals surface area (Å²) in [5.41, 5.74) is 0. The first-order valence-electron chi connectivity index (χ1n) is 7.00. The first-order chi connectivity index (χ1) is 9.58. The molecule has 1 aliphatic rings. The molecule has 1 aliphatic heterocycles. The van der Waals surface area contributed by atoms with Crippen LogP contribution in [0, 0.1) is 0 Å². The summed E-state index contributed by atoms with van der Waals surface area (Å²) in [6.07, 6.45) is 2.94. The fourth-order valence-corrected chi connectivity index (χ4v) is 2.26. The Bertz CT molecular complexity index is 360. The number of carbonyl (C=O) groups is 3. The zero-order chi connectivity index (χ0) is 15.0. The summed E-state index contributed by atoms with van der Waals surface area (Å²) in [7, 11) is 1.45. The summed E-state index contributed by atoms with van der Waals surface area (Å²) in [4.78, 5) is 36.4. The van der Waals surface area contributed by atoms with Crippen molar-refractivity contribution < 1.29 is 19.1 Å². The van der Waals surface area contributed by atoms with Gasteiger partial charge in [0.1, 0.15) is 6.04 Å². The molecule has 0 aromatic heterocycles. The number of amides is 3. The number of urea groups is 1. The summed E-state index contributed by atoms with van der Waals surface area (Å²) in [6, 6.07) is -0.785. The van der Waals surface area contributed by atoms with E-state index in [1.54, 1.807) is 6.92 Å². The number of carbonyl (C=O) groups excluding carboxylic acids is 3. The molecular weight excluding hydrogens is 262 g/mol. The van der Waals surface area contributed by atoms with Crippen LogP contribution in [-0.2, 0) is 14.3 Å². The van der Waals surface area contributed by atoms with Crippen LogP contribution in [0.25, 0.3) is 0 Å². The van der Waals surface area contributed by atoms with Crippen molar-refractivity contribution in [2.75, 3.05) is 26.7 Å². The van der Waals surface area contributed by atoms with Crippen molar-refractivity contribution in [2.45, 2.75) is 38.6 Å². The van der Waals surface area contributed by atoms with Gasteiger partial charge >= 0.3 is 12.0 Å². The number of esters is 1. The molecule has 1 atom stereocenters. The van der Waals surface area contributed by atoms with Crippen molar-refractivity contribution in [2.24, 2.45) is 0 Å². The zero-order valence-corrected chi connectivity index (χ0v) is 12.1. The monoisotopic (exact) mass is 285 g/mol. The molecule has 20 heavy (non-hydrogen) atoms. The minimum absolute atomic E-state index is 0.184. The number of hydrogen-bond acceptors (Lipinski definition) is 5. The predicted octanol–water partition coefficient (Wildman–Crippen LogP) is 0.250. The largest absolute Gasteiger partial charge is 0.465 e. The van der Waals surface area contributed by atoms with Gasteiger partial charge < -0.3 is 10.1 Å². The van der Waals surface area contributed by atoms with E-state index in [1.165, 1.54) is 7.05 Å². The summed E-state index contributed by atoms with van der Waals surface area (Å²) in [6.45, 7) is 3.37. The second-order valence-electron chi connectivity index (χ2n) is 4.68. The Morgan fingerprint density at radius 1 is 1.30 bits per heavy atom. The molecule has 0 aromatic carbocycles. The van der Waals surface area contributed by atoms with Crippen molar-refractivity contribution in [1.29, 1.82) is 0 Å². The number of imide groups is 1. The molecule has 1 saturated heterocycles. The Balaban J connectivity index is 2.44. The van der Waals surface area contributed by atoms with E-state index in [-0.39, 0.29) is 24.3 Å². The molecule has 1 unspecified atom stereocenters. The highest BCUT2D eigenvalue weighted by Crippen LogP contribution is 2.18. The van der Waals surface area contributed by atoms with Gasteiger partial charge in [0.05, 0.1) is 6.61 Å². The number of likely N-dealkylation sites (tertiary alicyclic amines) is 1. The van der Waals surface area contributed by atoms with Gasteiger partial charge in [0.2, 0.25) is 5.91 Å². The summed E-state index contributed by atoms with van der Waals surface area (Å²) in [5.74, 6) is -0.573. The number of ether oxygens (including phenoxy) is 1. The van der Waals surface area contributed by atoms with Crippen LogP contribution in [0.15, 0.2) is 0 Å². The van der Waals surface area contributed by atoms with Gasteiger partial charge in [-0.05, 0) is 26.3 Å². The van der Waals surface area contributed by atoms with E-state index in [1.807, 2.05) is 4.90 Å². The quantitative estimate of drug-likeness (QED) is 0.707. The molecular formula is C13H23N3O4. The number of hydrogen-bond donors (Lipinski definition) is 2. The average molecular weight is 285 g/mol. The van der Waals surface area contributed by atoms with Crippen molar-refractivity contribution in [3.05, 3.63) is 0 Å². The second kappa shape index (κ2) is 8.52. The Kier molecular flexibility index (Phi) is 7.00. The predicted molar refractivity (Wildman–Crippen MR) is 73.1 cm³/mol. The van der Waals surface area contributed by atoms with Crippen LogP contribution >= 0.6 is 0 Å². The van der Waals surface area contributed by atoms with Gasteiger partial charge in [-0.1, -0.05) is 6.42 Å². The molecule has 1 heterocycles. The van der Waals surface area contributed by atoms with Crippen molar-refractivity contribution in [1.82, 2.24) is 15.5 Å². The summed E-state index contributed by atoms with van der Waals surface area (Å²) >= 11 is 0. The maximum Gasteiger partial charge on any atom is 0.323 e. The standard InChI is InChI=1S/C13H23N3O4/c1-3-20-12(18)10-6-4-5-8-16(10)9-7-11(17)15-13(19)14-2/h10H,3-9H2,1-2H3,(H2,14,15,17,19). The highest BCUT2D eigenvalue weighted by molar-refractivity contribution is 5.94. The van der Waals surface area contributed by atoms with Crippen LogP contribution in [-0.4, -0.2) is 55.6 Å². The number of rotatable bonds is 5. The Hall–Kier alpha value is -1.63. The van der Waals surface area contributed by atoms with Crippen molar-refractivity contribution in [3.63, 3.8) is 0 Å². The molecule has 2 N–H and O–H groups in total. The molecule has 1 fully saturated rings. The lowest BCUT2D eigenvalue weighted by Crippen LogP contribution is -2.47. The molecule has 0 radical (unpaired) electrons. The van der Waals surface area contributed by atoms with Gasteiger partial charge in [0.25, 0.3) is 0 Å². The van der Waals surface area contributed by atoms with Crippen LogP contribution in [0.3, 0.4) is 0 Å². The van der Waals surface area contributed by atoms with Gasteiger partial charge in [-0.2, -0.15) is 0 Å². The van der Waals surface area contributed by atoms with E-state index in [2.05, 4.69) is 10.6 Å². The van der Waals surface area contributed by atoms with E-state index in [9.17, 15) is 14.4 Å². The van der Waals surface area contributed by atoms with Crippen LogP contribution in [0.5, 0.6) is 0 Å². The first kappa shape index (κ1) is 16.4. The lowest BCUT2D eigenvalue weighted by molar-refractivity contribution is -0.151. The Morgan fingerprint density at radius 2 is 2.05 bits per heavy atom. The Labute approximate surface area is 119 Å². The highest BCUT2D eigenvalue weighted by Gasteiger charge is 2.29. The number of nitrogens with zero attached hydrogens (tertiary/aromatic N) is 1. The van der Waals surface area contributed by atoms with Crippen LogP contribution in [0.2, 0.25) is 0 Å². The zero-order valence-electron chi connectivity index (χ0n) is 12.1. The fraction of sp³-hybridized carbons (Fsp3) is 0.769. The van der Waals surface area contributed by atoms with Gasteiger partial charge in [-0.3, -0.25) is 19.8 Å². The highest BCUT2D eigenvalue weighted by atomic mass is 16.5. The van der Waals surface area contributed by atoms with Crippen molar-refractivity contribution >= 4 is 17.9 Å². The fourth-order valence-electron chi connectivity index (χ4n) is 2.26. The molecule has 7 heteroatoms. The van der Waals surface area contributed by atoms with E-state index in [0.29, 0.717) is 13.2 Å². The van der Waals surface area contributed by atoms with E-state index in [0.717, 1.165) is 25.8 Å². The smallest absolute Gasteiger partial charge is 0.323 e. The van der Waals surface area contributed by atoms with Gasteiger partial charge in [-0.15, -0.1) is 0 Å². The molecule has 0 aliphatic carbocycles. The molecule has 114 valence electrons. The minimum atomic E-state index is -0.518. The topological polar surface area (TPSA) is 87.7 Å². The molecule has 0 saturated carbocycles. The van der Waals surface area contributed by atoms with E-state index < -0.39 is 6.03 Å². The maximum absolute atomic E-state index is 11.8. The lowest BCUT2D eigenvalue weighted by Gasteiger charge is -2.33. The molecule has 3 amide bonds. The third kappa shape index (κ3) is 5.16. The normalized spacial score (nSPS) is 19.2. The van der Waals surface area contributed by atoms with Crippen molar-refractivity contribution in [3.8, 4) is 0 Å². The maximum atomic E-state index is 11.8. The van der Waals surface area contributed by atoms with Crippen LogP contribution < -0.4 is 10.6 Å². The number of piperidine rings is 1. The first-order valence-corrected chi connectivity index (χ1v) is 7.00. The van der Waals surface area contributed by atoms with Gasteiger partial charge in [0, 0.05) is 20.0 Å². The molecule has 7 nitrogen and oxygen atoms in total. The molecule has 1 rings (SSSR count). The van der Waals surface area contributed by atoms with Crippen LogP contribution in [0.1, 0.15) is 32.6 Å².